The zero-order valence-electron chi connectivity index (χ0n) is 15.6. The molecule has 0 heterocycles. The molecule has 0 aliphatic carbocycles. The van der Waals surface area contributed by atoms with Crippen LogP contribution in [0, 0.1) is 11.8 Å². The van der Waals surface area contributed by atoms with Gasteiger partial charge >= 0.3 is 8.88 Å². The summed E-state index contributed by atoms with van der Waals surface area (Å²) in [4.78, 5) is 0. The molecule has 0 unspecified atom stereocenters. The zero-order chi connectivity index (χ0) is 16.5. The molecule has 0 aromatic carbocycles. The van der Waals surface area contributed by atoms with Gasteiger partial charge in [-0.2, -0.15) is 0 Å². The third-order valence-electron chi connectivity index (χ3n) is 3.49. The van der Waals surface area contributed by atoms with Gasteiger partial charge in [0.2, 0.25) is 0 Å². The van der Waals surface area contributed by atoms with Gasteiger partial charge in [0.05, 0.1) is 0 Å². The van der Waals surface area contributed by atoms with Crippen LogP contribution in [0.3, 0.4) is 0 Å². The maximum absolute atomic E-state index is 6.09. The van der Waals surface area contributed by atoms with Gasteiger partial charge in [0.25, 0.3) is 0 Å². The summed E-state index contributed by atoms with van der Waals surface area (Å²) in [6.45, 7) is 17.6. The second-order valence-corrected chi connectivity index (χ2v) is 9.81. The summed E-state index contributed by atoms with van der Waals surface area (Å²) in [7, 11) is 1.14. The molecule has 0 bridgehead atoms. The Morgan fingerprint density at radius 2 is 1.10 bits per heavy atom. The molecule has 0 N–H and O–H groups in total. The number of hydrogen-bond acceptors (Lipinski definition) is 4. The van der Waals surface area contributed by atoms with Crippen molar-refractivity contribution in [1.82, 2.24) is 9.13 Å². The maximum Gasteiger partial charge on any atom is 0.522 e. The van der Waals surface area contributed by atoms with Gasteiger partial charge in [-0.3, -0.25) is 9.13 Å². The summed E-state index contributed by atoms with van der Waals surface area (Å²) in [6, 6.07) is 0. The van der Waals surface area contributed by atoms with E-state index in [1.165, 1.54) is 0 Å². The van der Waals surface area contributed by atoms with Gasteiger partial charge < -0.3 is 8.85 Å². The van der Waals surface area contributed by atoms with E-state index in [1.807, 2.05) is 14.2 Å². The van der Waals surface area contributed by atoms with Crippen LogP contribution in [-0.4, -0.2) is 58.4 Å². The van der Waals surface area contributed by atoms with E-state index in [9.17, 15) is 0 Å². The lowest BCUT2D eigenvalue weighted by atomic mass is 10.2. The highest BCUT2D eigenvalue weighted by Crippen LogP contribution is 2.21. The Morgan fingerprint density at radius 3 is 1.29 bits per heavy atom. The molecule has 0 spiro atoms. The van der Waals surface area contributed by atoms with Crippen molar-refractivity contribution in [2.45, 2.75) is 54.4 Å². The second-order valence-electron chi connectivity index (χ2n) is 6.64. The smallest absolute Gasteiger partial charge is 0.374 e. The van der Waals surface area contributed by atoms with Gasteiger partial charge in [-0.05, 0) is 50.9 Å². The average Bonchev–Trinajstić information content (AvgIpc) is 2.40. The first-order valence-corrected chi connectivity index (χ1v) is 10.2. The molecule has 0 aromatic rings. The lowest BCUT2D eigenvalue weighted by Gasteiger charge is -2.45. The van der Waals surface area contributed by atoms with Crippen LogP contribution in [0.1, 0.15) is 54.4 Å². The first-order valence-electron chi connectivity index (χ1n) is 8.48. The van der Waals surface area contributed by atoms with Gasteiger partial charge in [-0.1, -0.05) is 41.5 Å². The van der Waals surface area contributed by atoms with E-state index in [4.69, 9.17) is 8.85 Å². The topological polar surface area (TPSA) is 24.9 Å². The molecule has 128 valence electrons. The molecule has 0 fully saturated rings. The summed E-state index contributed by atoms with van der Waals surface area (Å²) in [5, 5.41) is 0. The number of hydrogen-bond donors (Lipinski definition) is 0. The van der Waals surface area contributed by atoms with E-state index in [1.54, 1.807) is 0 Å². The predicted molar refractivity (Wildman–Crippen MR) is 93.2 cm³/mol. The first-order chi connectivity index (χ1) is 9.87. The third kappa shape index (κ3) is 6.36. The zero-order valence-corrected chi connectivity index (χ0v) is 16.6. The molecule has 0 amide bonds. The van der Waals surface area contributed by atoms with Crippen LogP contribution in [0.2, 0.25) is 0 Å². The molecule has 0 aromatic heterocycles. The Balaban J connectivity index is 5.45. The highest BCUT2D eigenvalue weighted by atomic mass is 28.4. The molecule has 4 nitrogen and oxygen atoms in total. The predicted octanol–water partition coefficient (Wildman–Crippen LogP) is 3.45. The van der Waals surface area contributed by atoms with Crippen LogP contribution in [-0.2, 0) is 8.85 Å². The van der Waals surface area contributed by atoms with Crippen molar-refractivity contribution in [1.29, 1.82) is 0 Å². The Morgan fingerprint density at radius 1 is 0.762 bits per heavy atom. The van der Waals surface area contributed by atoms with E-state index >= 15 is 0 Å². The lowest BCUT2D eigenvalue weighted by Crippen LogP contribution is -2.70. The Hall–Kier alpha value is 0.0569. The largest absolute Gasteiger partial charge is 0.522 e. The van der Waals surface area contributed by atoms with Crippen molar-refractivity contribution in [2.24, 2.45) is 11.8 Å². The molecule has 5 heteroatoms. The Kier molecular flexibility index (Phi) is 10.8. The molecule has 0 aliphatic rings. The summed E-state index contributed by atoms with van der Waals surface area (Å²) < 4.78 is 17.1. The normalized spacial score (nSPS) is 13.1. The van der Waals surface area contributed by atoms with E-state index in [0.29, 0.717) is 11.8 Å². The van der Waals surface area contributed by atoms with Gasteiger partial charge in [0.15, 0.2) is 0 Å². The highest BCUT2D eigenvalue weighted by Gasteiger charge is 2.50. The fraction of sp³-hybridized carbons (Fsp3) is 1.00. The molecular formula is C16H38N2O2Si. The minimum atomic E-state index is -2.50. The molecule has 0 radical (unpaired) electrons. The third-order valence-corrected chi connectivity index (χ3v) is 6.96. The molecule has 0 rings (SSSR count). The van der Waals surface area contributed by atoms with Crippen molar-refractivity contribution in [3.8, 4) is 0 Å². The van der Waals surface area contributed by atoms with E-state index in [0.717, 1.165) is 39.0 Å². The SMILES string of the molecule is CCCN(CC(C)C)[Si](OC)(OC)N(CCC)CC(C)C. The number of rotatable bonds is 12. The molecular weight excluding hydrogens is 280 g/mol. The summed E-state index contributed by atoms with van der Waals surface area (Å²) in [5.74, 6) is 1.22. The van der Waals surface area contributed by atoms with Crippen LogP contribution in [0.4, 0.5) is 0 Å². The monoisotopic (exact) mass is 318 g/mol. The van der Waals surface area contributed by atoms with Crippen LogP contribution in [0.15, 0.2) is 0 Å². The van der Waals surface area contributed by atoms with Crippen LogP contribution in [0.25, 0.3) is 0 Å². The molecule has 0 saturated heterocycles. The van der Waals surface area contributed by atoms with Gasteiger partial charge in [0, 0.05) is 14.2 Å². The summed E-state index contributed by atoms with van der Waals surface area (Å²) >= 11 is 0. The minimum absolute atomic E-state index is 0.608. The molecule has 21 heavy (non-hydrogen) atoms. The van der Waals surface area contributed by atoms with Crippen LogP contribution >= 0.6 is 0 Å². The van der Waals surface area contributed by atoms with E-state index < -0.39 is 8.88 Å². The fourth-order valence-corrected chi connectivity index (χ4v) is 6.72. The average molecular weight is 319 g/mol. The lowest BCUT2D eigenvalue weighted by molar-refractivity contribution is 0.0825. The number of nitrogens with zero attached hydrogens (tertiary/aromatic N) is 2. The second kappa shape index (κ2) is 10.7. The van der Waals surface area contributed by atoms with Crippen molar-refractivity contribution in [2.75, 3.05) is 40.4 Å². The summed E-state index contributed by atoms with van der Waals surface area (Å²) in [5.41, 5.74) is 0. The minimum Gasteiger partial charge on any atom is -0.374 e. The van der Waals surface area contributed by atoms with Crippen molar-refractivity contribution >= 4 is 8.88 Å². The van der Waals surface area contributed by atoms with Crippen molar-refractivity contribution < 1.29 is 8.85 Å². The van der Waals surface area contributed by atoms with E-state index in [-0.39, 0.29) is 0 Å². The summed E-state index contributed by atoms with van der Waals surface area (Å²) in [6.07, 6.45) is 2.24. The van der Waals surface area contributed by atoms with E-state index in [2.05, 4.69) is 50.7 Å². The quantitative estimate of drug-likeness (QED) is 0.515. The standard InChI is InChI=1S/C16H38N2O2Si/c1-9-11-17(13-15(3)4)21(19-7,20-8)18(12-10-2)14-16(5)6/h15-16H,9-14H2,1-8H3. The Labute approximate surface area is 134 Å². The van der Waals surface area contributed by atoms with Gasteiger partial charge in [-0.25, -0.2) is 0 Å². The molecule has 0 aliphatic heterocycles. The maximum atomic E-state index is 6.09. The van der Waals surface area contributed by atoms with Crippen LogP contribution in [0.5, 0.6) is 0 Å². The van der Waals surface area contributed by atoms with Gasteiger partial charge in [0.1, 0.15) is 0 Å². The molecule has 0 atom stereocenters. The van der Waals surface area contributed by atoms with Crippen molar-refractivity contribution in [3.63, 3.8) is 0 Å². The van der Waals surface area contributed by atoms with Crippen LogP contribution < -0.4 is 0 Å². The Bertz CT molecular complexity index is 237. The fourth-order valence-electron chi connectivity index (χ4n) is 2.92. The highest BCUT2D eigenvalue weighted by molar-refractivity contribution is 6.61. The molecule has 0 saturated carbocycles. The van der Waals surface area contributed by atoms with Crippen molar-refractivity contribution in [3.05, 3.63) is 0 Å². The first kappa shape index (κ1) is 21.1. The van der Waals surface area contributed by atoms with Gasteiger partial charge in [-0.15, -0.1) is 0 Å².